The molecular weight excluding hydrogens is 192 g/mol. The Balaban J connectivity index is 2.73. The average molecular weight is 206 g/mol. The van der Waals surface area contributed by atoms with Crippen molar-refractivity contribution < 1.29 is 14.3 Å². The van der Waals surface area contributed by atoms with Gasteiger partial charge in [0.05, 0.1) is 6.61 Å². The van der Waals surface area contributed by atoms with Gasteiger partial charge in [-0.15, -0.1) is 0 Å². The Hall–Kier alpha value is -1.64. The van der Waals surface area contributed by atoms with Gasteiger partial charge in [-0.1, -0.05) is 30.3 Å². The summed E-state index contributed by atoms with van der Waals surface area (Å²) in [4.78, 5) is 23.1. The van der Waals surface area contributed by atoms with E-state index in [4.69, 9.17) is 4.74 Å². The van der Waals surface area contributed by atoms with Gasteiger partial charge >= 0.3 is 5.97 Å². The molecule has 1 aromatic rings. The number of hydrogen-bond donors (Lipinski definition) is 0. The van der Waals surface area contributed by atoms with E-state index in [0.717, 1.165) is 0 Å². The maximum absolute atomic E-state index is 11.8. The normalized spacial score (nSPS) is 11.9. The van der Waals surface area contributed by atoms with Crippen molar-refractivity contribution in [1.29, 1.82) is 0 Å². The van der Waals surface area contributed by atoms with Gasteiger partial charge in [-0.05, 0) is 13.8 Å². The first kappa shape index (κ1) is 11.4. The number of Topliss-reactive ketones (excluding diaryl/α,β-unsaturated/α-hetero) is 1. The third-order valence-electron chi connectivity index (χ3n) is 2.09. The van der Waals surface area contributed by atoms with Crippen LogP contribution in [0.4, 0.5) is 0 Å². The van der Waals surface area contributed by atoms with Crippen LogP contribution in [0.1, 0.15) is 24.2 Å². The molecule has 0 spiro atoms. The van der Waals surface area contributed by atoms with Crippen LogP contribution >= 0.6 is 0 Å². The minimum Gasteiger partial charge on any atom is -0.465 e. The fourth-order valence-electron chi connectivity index (χ4n) is 1.23. The summed E-state index contributed by atoms with van der Waals surface area (Å²) >= 11 is 0. The monoisotopic (exact) mass is 206 g/mol. The number of ketones is 1. The molecule has 80 valence electrons. The van der Waals surface area contributed by atoms with Crippen molar-refractivity contribution in [2.24, 2.45) is 5.92 Å². The summed E-state index contributed by atoms with van der Waals surface area (Å²) in [5.41, 5.74) is 0.540. The van der Waals surface area contributed by atoms with E-state index in [2.05, 4.69) is 0 Å². The van der Waals surface area contributed by atoms with Gasteiger partial charge in [0.25, 0.3) is 0 Å². The van der Waals surface area contributed by atoms with Crippen molar-refractivity contribution in [2.45, 2.75) is 13.8 Å². The second-order valence-corrected chi connectivity index (χ2v) is 3.20. The third kappa shape index (κ3) is 2.91. The van der Waals surface area contributed by atoms with Crippen LogP contribution < -0.4 is 0 Å². The number of esters is 1. The lowest BCUT2D eigenvalue weighted by Crippen LogP contribution is -2.23. The molecule has 0 bridgehead atoms. The van der Waals surface area contributed by atoms with Crippen molar-refractivity contribution in [1.82, 2.24) is 0 Å². The third-order valence-corrected chi connectivity index (χ3v) is 2.09. The second kappa shape index (κ2) is 5.29. The van der Waals surface area contributed by atoms with Crippen LogP contribution in [0, 0.1) is 5.92 Å². The van der Waals surface area contributed by atoms with Gasteiger partial charge < -0.3 is 4.74 Å². The minimum absolute atomic E-state index is 0.200. The average Bonchev–Trinajstić information content (AvgIpc) is 2.28. The number of ether oxygens (including phenoxy) is 1. The van der Waals surface area contributed by atoms with Crippen LogP contribution in [-0.2, 0) is 9.53 Å². The quantitative estimate of drug-likeness (QED) is 0.430. The van der Waals surface area contributed by atoms with Crippen molar-refractivity contribution in [3.63, 3.8) is 0 Å². The smallest absolute Gasteiger partial charge is 0.316 e. The topological polar surface area (TPSA) is 43.4 Å². The number of carbonyl (C=O) groups is 2. The Labute approximate surface area is 89.1 Å². The van der Waals surface area contributed by atoms with Gasteiger partial charge in [0.15, 0.2) is 5.78 Å². The first-order valence-electron chi connectivity index (χ1n) is 4.92. The Bertz CT molecular complexity index is 343. The highest BCUT2D eigenvalue weighted by molar-refractivity contribution is 6.08. The molecule has 0 fully saturated rings. The summed E-state index contributed by atoms with van der Waals surface area (Å²) in [6, 6.07) is 8.75. The van der Waals surface area contributed by atoms with Gasteiger partial charge in [0.2, 0.25) is 0 Å². The highest BCUT2D eigenvalue weighted by Crippen LogP contribution is 2.09. The fourth-order valence-corrected chi connectivity index (χ4v) is 1.23. The molecule has 0 aliphatic heterocycles. The van der Waals surface area contributed by atoms with Gasteiger partial charge in [0, 0.05) is 5.56 Å². The summed E-state index contributed by atoms with van der Waals surface area (Å²) < 4.78 is 4.79. The van der Waals surface area contributed by atoms with Crippen LogP contribution in [0.25, 0.3) is 0 Å². The molecule has 0 aromatic heterocycles. The lowest BCUT2D eigenvalue weighted by Gasteiger charge is -2.08. The molecule has 0 saturated heterocycles. The number of benzene rings is 1. The summed E-state index contributed by atoms with van der Waals surface area (Å²) in [7, 11) is 0. The largest absolute Gasteiger partial charge is 0.465 e. The van der Waals surface area contributed by atoms with Crippen molar-refractivity contribution in [3.8, 4) is 0 Å². The van der Waals surface area contributed by atoms with E-state index in [1.807, 2.05) is 6.07 Å². The zero-order chi connectivity index (χ0) is 11.3. The van der Waals surface area contributed by atoms with E-state index in [1.165, 1.54) is 0 Å². The van der Waals surface area contributed by atoms with E-state index < -0.39 is 11.9 Å². The zero-order valence-electron chi connectivity index (χ0n) is 8.90. The van der Waals surface area contributed by atoms with E-state index >= 15 is 0 Å². The molecule has 0 radical (unpaired) electrons. The molecule has 0 N–H and O–H groups in total. The van der Waals surface area contributed by atoms with Gasteiger partial charge in [-0.25, -0.2) is 0 Å². The molecule has 3 nitrogen and oxygen atoms in total. The predicted octanol–water partition coefficient (Wildman–Crippen LogP) is 2.07. The Morgan fingerprint density at radius 2 is 1.87 bits per heavy atom. The van der Waals surface area contributed by atoms with E-state index in [9.17, 15) is 9.59 Å². The zero-order valence-corrected chi connectivity index (χ0v) is 8.90. The summed E-state index contributed by atoms with van der Waals surface area (Å²) in [5.74, 6) is -1.40. The highest BCUT2D eigenvalue weighted by Gasteiger charge is 2.23. The Morgan fingerprint density at radius 3 is 2.40 bits per heavy atom. The van der Waals surface area contributed by atoms with Crippen LogP contribution in [0.5, 0.6) is 0 Å². The molecule has 1 aromatic carbocycles. The first-order chi connectivity index (χ1) is 7.16. The Kier molecular flexibility index (Phi) is 4.03. The summed E-state index contributed by atoms with van der Waals surface area (Å²) in [6.45, 7) is 3.58. The summed E-state index contributed by atoms with van der Waals surface area (Å²) in [6.07, 6.45) is 0. The summed E-state index contributed by atoms with van der Waals surface area (Å²) in [5, 5.41) is 0. The van der Waals surface area contributed by atoms with E-state index in [-0.39, 0.29) is 5.78 Å². The maximum atomic E-state index is 11.8. The second-order valence-electron chi connectivity index (χ2n) is 3.20. The van der Waals surface area contributed by atoms with Gasteiger partial charge in [-0.3, -0.25) is 9.59 Å². The van der Waals surface area contributed by atoms with Crippen molar-refractivity contribution in [3.05, 3.63) is 35.9 Å². The molecule has 0 amide bonds. The molecular formula is C12H14O3. The number of rotatable bonds is 4. The minimum atomic E-state index is -0.729. The van der Waals surface area contributed by atoms with E-state index in [0.29, 0.717) is 12.2 Å². The van der Waals surface area contributed by atoms with Gasteiger partial charge in [0.1, 0.15) is 5.92 Å². The molecule has 15 heavy (non-hydrogen) atoms. The highest BCUT2D eigenvalue weighted by atomic mass is 16.5. The standard InChI is InChI=1S/C12H14O3/c1-3-15-12(14)9(2)11(13)10-7-5-4-6-8-10/h4-9H,3H2,1-2H3. The first-order valence-corrected chi connectivity index (χ1v) is 4.92. The maximum Gasteiger partial charge on any atom is 0.316 e. The number of carbonyl (C=O) groups excluding carboxylic acids is 2. The van der Waals surface area contributed by atoms with Crippen LogP contribution in [0.15, 0.2) is 30.3 Å². The Morgan fingerprint density at radius 1 is 1.27 bits per heavy atom. The van der Waals surface area contributed by atoms with Crippen molar-refractivity contribution >= 4 is 11.8 Å². The molecule has 0 heterocycles. The molecule has 3 heteroatoms. The molecule has 0 aliphatic carbocycles. The SMILES string of the molecule is CCOC(=O)C(C)C(=O)c1ccccc1. The molecule has 0 aliphatic rings. The van der Waals surface area contributed by atoms with Crippen LogP contribution in [0.3, 0.4) is 0 Å². The van der Waals surface area contributed by atoms with Gasteiger partial charge in [-0.2, -0.15) is 0 Å². The molecule has 1 atom stereocenters. The molecule has 1 rings (SSSR count). The predicted molar refractivity (Wildman–Crippen MR) is 56.6 cm³/mol. The molecule has 0 saturated carbocycles. The van der Waals surface area contributed by atoms with Crippen LogP contribution in [0.2, 0.25) is 0 Å². The van der Waals surface area contributed by atoms with E-state index in [1.54, 1.807) is 38.1 Å². The lowest BCUT2D eigenvalue weighted by atomic mass is 10.00. The number of hydrogen-bond acceptors (Lipinski definition) is 3. The van der Waals surface area contributed by atoms with Crippen LogP contribution in [-0.4, -0.2) is 18.4 Å². The molecule has 1 unspecified atom stereocenters. The fraction of sp³-hybridized carbons (Fsp3) is 0.333. The lowest BCUT2D eigenvalue weighted by molar-refractivity contribution is -0.145. The van der Waals surface area contributed by atoms with Crippen molar-refractivity contribution in [2.75, 3.05) is 6.61 Å².